The van der Waals surface area contributed by atoms with Crippen LogP contribution in [0.5, 0.6) is 0 Å². The number of hydrogen-bond donors (Lipinski definition) is 0. The highest BCUT2D eigenvalue weighted by Gasteiger charge is 1.95. The molecule has 2 nitrogen and oxygen atoms in total. The maximum absolute atomic E-state index is 8.66. The molecule has 1 aromatic heterocycles. The van der Waals surface area contributed by atoms with E-state index in [0.717, 1.165) is 6.42 Å². The van der Waals surface area contributed by atoms with E-state index in [2.05, 4.69) is 11.1 Å². The predicted molar refractivity (Wildman–Crippen MR) is 58.2 cm³/mol. The quantitative estimate of drug-likeness (QED) is 0.736. The Morgan fingerprint density at radius 2 is 1.53 bits per heavy atom. The molecule has 0 aliphatic carbocycles. The van der Waals surface area contributed by atoms with Crippen LogP contribution in [0.15, 0.2) is 48.8 Å². The molecule has 2 rings (SSSR count). The van der Waals surface area contributed by atoms with Crippen molar-refractivity contribution in [1.29, 1.82) is 5.26 Å². The number of nitriles is 1. The molecule has 0 aliphatic heterocycles. The van der Waals surface area contributed by atoms with Gasteiger partial charge < -0.3 is 0 Å². The molecule has 2 aromatic rings. The molecular formula is C13H10N2. The Kier molecular flexibility index (Phi) is 2.75. The largest absolute Gasteiger partial charge is 0.265 e. The van der Waals surface area contributed by atoms with Gasteiger partial charge in [-0.2, -0.15) is 5.26 Å². The third-order valence-electron chi connectivity index (χ3n) is 2.24. The van der Waals surface area contributed by atoms with Gasteiger partial charge in [-0.3, -0.25) is 4.98 Å². The van der Waals surface area contributed by atoms with Crippen molar-refractivity contribution in [2.75, 3.05) is 0 Å². The van der Waals surface area contributed by atoms with Crippen molar-refractivity contribution in [3.05, 3.63) is 65.5 Å². The number of aromatic nitrogens is 1. The van der Waals surface area contributed by atoms with Gasteiger partial charge in [0.25, 0.3) is 0 Å². The number of nitrogens with zero attached hydrogens (tertiary/aromatic N) is 2. The van der Waals surface area contributed by atoms with Crippen LogP contribution < -0.4 is 0 Å². The molecule has 0 saturated carbocycles. The SMILES string of the molecule is N#Cc1ccc(Cc2ccncc2)cc1. The van der Waals surface area contributed by atoms with Crippen LogP contribution >= 0.6 is 0 Å². The van der Waals surface area contributed by atoms with Crippen LogP contribution in [0.3, 0.4) is 0 Å². The van der Waals surface area contributed by atoms with Gasteiger partial charge in [-0.05, 0) is 41.8 Å². The molecule has 72 valence electrons. The van der Waals surface area contributed by atoms with Crippen LogP contribution in [0.4, 0.5) is 0 Å². The van der Waals surface area contributed by atoms with Gasteiger partial charge in [0.15, 0.2) is 0 Å². The minimum Gasteiger partial charge on any atom is -0.265 e. The van der Waals surface area contributed by atoms with Gasteiger partial charge in [-0.1, -0.05) is 12.1 Å². The second kappa shape index (κ2) is 4.39. The fraction of sp³-hybridized carbons (Fsp3) is 0.0769. The first-order valence-electron chi connectivity index (χ1n) is 4.76. The molecule has 2 heteroatoms. The van der Waals surface area contributed by atoms with Gasteiger partial charge in [0.2, 0.25) is 0 Å². The van der Waals surface area contributed by atoms with Crippen LogP contribution in [0.2, 0.25) is 0 Å². The zero-order valence-electron chi connectivity index (χ0n) is 8.22. The smallest absolute Gasteiger partial charge is 0.0991 e. The van der Waals surface area contributed by atoms with Crippen LogP contribution in [0.25, 0.3) is 0 Å². The summed E-state index contributed by atoms with van der Waals surface area (Å²) < 4.78 is 0. The summed E-state index contributed by atoms with van der Waals surface area (Å²) in [5.74, 6) is 0. The van der Waals surface area contributed by atoms with Crippen molar-refractivity contribution >= 4 is 0 Å². The Morgan fingerprint density at radius 3 is 2.13 bits per heavy atom. The zero-order chi connectivity index (χ0) is 10.5. The number of hydrogen-bond acceptors (Lipinski definition) is 2. The second-order valence-electron chi connectivity index (χ2n) is 3.34. The van der Waals surface area contributed by atoms with Crippen LogP contribution in [0.1, 0.15) is 16.7 Å². The molecule has 0 fully saturated rings. The molecule has 0 N–H and O–H groups in total. The van der Waals surface area contributed by atoms with Crippen molar-refractivity contribution in [3.8, 4) is 6.07 Å². The van der Waals surface area contributed by atoms with Crippen LogP contribution in [-0.2, 0) is 6.42 Å². The summed E-state index contributed by atoms with van der Waals surface area (Å²) in [6.07, 6.45) is 4.46. The van der Waals surface area contributed by atoms with E-state index in [9.17, 15) is 0 Å². The lowest BCUT2D eigenvalue weighted by molar-refractivity contribution is 1.16. The van der Waals surface area contributed by atoms with Gasteiger partial charge in [0.05, 0.1) is 11.6 Å². The van der Waals surface area contributed by atoms with Crippen molar-refractivity contribution in [1.82, 2.24) is 4.98 Å². The fourth-order valence-electron chi connectivity index (χ4n) is 1.43. The highest BCUT2D eigenvalue weighted by molar-refractivity contribution is 5.33. The molecule has 0 bridgehead atoms. The summed E-state index contributed by atoms with van der Waals surface area (Å²) >= 11 is 0. The lowest BCUT2D eigenvalue weighted by Gasteiger charge is -2.00. The van der Waals surface area contributed by atoms with E-state index < -0.39 is 0 Å². The van der Waals surface area contributed by atoms with E-state index in [4.69, 9.17) is 5.26 Å². The average molecular weight is 194 g/mol. The van der Waals surface area contributed by atoms with E-state index in [0.29, 0.717) is 5.56 Å². The van der Waals surface area contributed by atoms with Crippen LogP contribution in [-0.4, -0.2) is 4.98 Å². The minimum atomic E-state index is 0.702. The summed E-state index contributed by atoms with van der Waals surface area (Å²) in [5.41, 5.74) is 3.14. The van der Waals surface area contributed by atoms with Gasteiger partial charge in [-0.25, -0.2) is 0 Å². The molecule has 0 radical (unpaired) electrons. The van der Waals surface area contributed by atoms with Gasteiger partial charge in [-0.15, -0.1) is 0 Å². The lowest BCUT2D eigenvalue weighted by Crippen LogP contribution is -1.88. The first-order valence-corrected chi connectivity index (χ1v) is 4.76. The van der Waals surface area contributed by atoms with E-state index in [1.54, 1.807) is 12.4 Å². The van der Waals surface area contributed by atoms with Crippen LogP contribution in [0, 0.1) is 11.3 Å². The molecular weight excluding hydrogens is 184 g/mol. The lowest BCUT2D eigenvalue weighted by atomic mass is 10.1. The molecule has 0 atom stereocenters. The Balaban J connectivity index is 2.16. The van der Waals surface area contributed by atoms with Crippen molar-refractivity contribution in [3.63, 3.8) is 0 Å². The highest BCUT2D eigenvalue weighted by atomic mass is 14.6. The summed E-state index contributed by atoms with van der Waals surface area (Å²) in [5, 5.41) is 8.66. The Morgan fingerprint density at radius 1 is 0.933 bits per heavy atom. The third kappa shape index (κ3) is 2.41. The number of rotatable bonds is 2. The minimum absolute atomic E-state index is 0.702. The molecule has 0 aliphatic rings. The van der Waals surface area contributed by atoms with Crippen molar-refractivity contribution < 1.29 is 0 Å². The summed E-state index contributed by atoms with van der Waals surface area (Å²) in [7, 11) is 0. The molecule has 0 saturated heterocycles. The Labute approximate surface area is 88.8 Å². The highest BCUT2D eigenvalue weighted by Crippen LogP contribution is 2.09. The number of benzene rings is 1. The molecule has 1 aromatic carbocycles. The molecule has 0 spiro atoms. The average Bonchev–Trinajstić information content (AvgIpc) is 2.31. The van der Waals surface area contributed by atoms with E-state index in [1.807, 2.05) is 36.4 Å². The number of pyridine rings is 1. The normalized spacial score (nSPS) is 9.53. The zero-order valence-corrected chi connectivity index (χ0v) is 8.22. The van der Waals surface area contributed by atoms with Gasteiger partial charge in [0, 0.05) is 12.4 Å². The molecule has 15 heavy (non-hydrogen) atoms. The first-order chi connectivity index (χ1) is 7.38. The van der Waals surface area contributed by atoms with Gasteiger partial charge >= 0.3 is 0 Å². The third-order valence-corrected chi connectivity index (χ3v) is 2.24. The van der Waals surface area contributed by atoms with Crippen molar-refractivity contribution in [2.45, 2.75) is 6.42 Å². The van der Waals surface area contributed by atoms with Crippen molar-refractivity contribution in [2.24, 2.45) is 0 Å². The standard InChI is InChI=1S/C13H10N2/c14-10-13-3-1-11(2-4-13)9-12-5-7-15-8-6-12/h1-8H,9H2. The van der Waals surface area contributed by atoms with E-state index >= 15 is 0 Å². The summed E-state index contributed by atoms with van der Waals surface area (Å²) in [4.78, 5) is 3.97. The van der Waals surface area contributed by atoms with E-state index in [-0.39, 0.29) is 0 Å². The Hall–Kier alpha value is -2.14. The second-order valence-corrected chi connectivity index (χ2v) is 3.34. The maximum atomic E-state index is 8.66. The molecule has 0 amide bonds. The monoisotopic (exact) mass is 194 g/mol. The molecule has 1 heterocycles. The predicted octanol–water partition coefficient (Wildman–Crippen LogP) is 2.54. The summed E-state index contributed by atoms with van der Waals surface area (Å²) in [6.45, 7) is 0. The maximum Gasteiger partial charge on any atom is 0.0991 e. The fourth-order valence-corrected chi connectivity index (χ4v) is 1.43. The topological polar surface area (TPSA) is 36.7 Å². The van der Waals surface area contributed by atoms with E-state index in [1.165, 1.54) is 11.1 Å². The first kappa shape index (κ1) is 9.42. The van der Waals surface area contributed by atoms with Gasteiger partial charge in [0.1, 0.15) is 0 Å². The molecule has 0 unspecified atom stereocenters. The summed E-state index contributed by atoms with van der Waals surface area (Å²) in [6, 6.07) is 13.8. The Bertz CT molecular complexity index is 466.